The van der Waals surface area contributed by atoms with E-state index in [1.165, 1.54) is 12.1 Å². The first-order valence-corrected chi connectivity index (χ1v) is 8.32. The molecule has 4 rings (SSSR count). The molecular formula is C19H19FN2O2. The van der Waals surface area contributed by atoms with Crippen molar-refractivity contribution in [3.8, 4) is 0 Å². The Hall–Kier alpha value is -2.27. The fourth-order valence-electron chi connectivity index (χ4n) is 3.72. The number of hydrogen-bond donors (Lipinski definition) is 1. The van der Waals surface area contributed by atoms with Gasteiger partial charge in [0.25, 0.3) is 0 Å². The Balaban J connectivity index is 1.58. The van der Waals surface area contributed by atoms with Crippen molar-refractivity contribution in [1.29, 1.82) is 0 Å². The minimum Gasteiger partial charge on any atom is -0.374 e. The summed E-state index contributed by atoms with van der Waals surface area (Å²) in [6.45, 7) is 0. The van der Waals surface area contributed by atoms with E-state index in [2.05, 4.69) is 10.3 Å². The van der Waals surface area contributed by atoms with Gasteiger partial charge in [0, 0.05) is 12.4 Å². The van der Waals surface area contributed by atoms with Crippen LogP contribution in [0, 0.1) is 11.7 Å². The van der Waals surface area contributed by atoms with E-state index < -0.39 is 0 Å². The van der Waals surface area contributed by atoms with E-state index in [1.54, 1.807) is 24.5 Å². The van der Waals surface area contributed by atoms with Crippen LogP contribution in [0.3, 0.4) is 0 Å². The SMILES string of the molecule is O=C(N[C@@H](c1ccc(F)cc1)c1cccnc1)[C@@H]1C[C@H]2CC[C@H]1O2. The molecule has 2 aromatic rings. The van der Waals surface area contributed by atoms with Gasteiger partial charge in [0.05, 0.1) is 24.2 Å². The lowest BCUT2D eigenvalue weighted by molar-refractivity contribution is -0.127. The van der Waals surface area contributed by atoms with E-state index in [4.69, 9.17) is 4.74 Å². The van der Waals surface area contributed by atoms with Crippen LogP contribution in [-0.2, 0) is 9.53 Å². The van der Waals surface area contributed by atoms with E-state index >= 15 is 0 Å². The van der Waals surface area contributed by atoms with E-state index in [9.17, 15) is 9.18 Å². The number of amides is 1. The van der Waals surface area contributed by atoms with Gasteiger partial charge in [0.2, 0.25) is 5.91 Å². The highest BCUT2D eigenvalue weighted by atomic mass is 19.1. The summed E-state index contributed by atoms with van der Waals surface area (Å²) >= 11 is 0. The summed E-state index contributed by atoms with van der Waals surface area (Å²) in [4.78, 5) is 16.9. The van der Waals surface area contributed by atoms with Crippen molar-refractivity contribution < 1.29 is 13.9 Å². The Bertz CT molecular complexity index is 720. The zero-order valence-electron chi connectivity index (χ0n) is 13.2. The van der Waals surface area contributed by atoms with Crippen LogP contribution in [-0.4, -0.2) is 23.1 Å². The monoisotopic (exact) mass is 326 g/mol. The average Bonchev–Trinajstić information content (AvgIpc) is 3.24. The number of hydrogen-bond acceptors (Lipinski definition) is 3. The number of fused-ring (bicyclic) bond motifs is 2. The molecule has 2 bridgehead atoms. The average molecular weight is 326 g/mol. The molecule has 2 saturated heterocycles. The Kier molecular flexibility index (Phi) is 4.02. The standard InChI is InChI=1S/C19H19FN2O2/c20-14-5-3-12(4-6-14)18(13-2-1-9-21-11-13)22-19(23)16-10-15-7-8-17(16)24-15/h1-6,9,11,15-18H,7-8,10H2,(H,22,23)/t15-,16-,17-,18+/m1/s1. The third-order valence-electron chi connectivity index (χ3n) is 4.95. The normalized spacial score (nSPS) is 26.3. The molecule has 5 heteroatoms. The Morgan fingerprint density at radius 2 is 2.04 bits per heavy atom. The fraction of sp³-hybridized carbons (Fsp3) is 0.368. The molecule has 0 unspecified atom stereocenters. The molecule has 0 aliphatic carbocycles. The largest absolute Gasteiger partial charge is 0.374 e. The van der Waals surface area contributed by atoms with Gasteiger partial charge in [0.1, 0.15) is 5.82 Å². The van der Waals surface area contributed by atoms with Crippen LogP contribution >= 0.6 is 0 Å². The third-order valence-corrected chi connectivity index (χ3v) is 4.95. The predicted molar refractivity (Wildman–Crippen MR) is 86.6 cm³/mol. The van der Waals surface area contributed by atoms with Crippen molar-refractivity contribution in [2.75, 3.05) is 0 Å². The first-order valence-electron chi connectivity index (χ1n) is 8.32. The van der Waals surface area contributed by atoms with Gasteiger partial charge < -0.3 is 10.1 Å². The maximum Gasteiger partial charge on any atom is 0.226 e. The molecule has 1 amide bonds. The molecule has 24 heavy (non-hydrogen) atoms. The van der Waals surface area contributed by atoms with Gasteiger partial charge in [-0.2, -0.15) is 0 Å². The maximum atomic E-state index is 13.2. The number of ether oxygens (including phenoxy) is 1. The van der Waals surface area contributed by atoms with Crippen LogP contribution in [0.4, 0.5) is 4.39 Å². The Morgan fingerprint density at radius 3 is 2.67 bits per heavy atom. The summed E-state index contributed by atoms with van der Waals surface area (Å²) in [7, 11) is 0. The summed E-state index contributed by atoms with van der Waals surface area (Å²) in [6, 6.07) is 9.62. The van der Waals surface area contributed by atoms with Crippen molar-refractivity contribution in [2.24, 2.45) is 5.92 Å². The second-order valence-corrected chi connectivity index (χ2v) is 6.50. The third kappa shape index (κ3) is 2.91. The lowest BCUT2D eigenvalue weighted by atomic mass is 9.88. The highest BCUT2D eigenvalue weighted by molar-refractivity contribution is 5.80. The maximum absolute atomic E-state index is 13.2. The number of rotatable bonds is 4. The predicted octanol–water partition coefficient (Wildman–Crippen LogP) is 2.99. The number of halogens is 1. The first-order chi connectivity index (χ1) is 11.7. The number of carbonyl (C=O) groups is 1. The van der Waals surface area contributed by atoms with Crippen LogP contribution in [0.15, 0.2) is 48.8 Å². The van der Waals surface area contributed by atoms with Gasteiger partial charge >= 0.3 is 0 Å². The van der Waals surface area contributed by atoms with Crippen molar-refractivity contribution in [2.45, 2.75) is 37.5 Å². The zero-order chi connectivity index (χ0) is 16.5. The number of carbonyl (C=O) groups excluding carboxylic acids is 1. The van der Waals surface area contributed by atoms with Gasteiger partial charge in [0.15, 0.2) is 0 Å². The van der Waals surface area contributed by atoms with Crippen molar-refractivity contribution >= 4 is 5.91 Å². The highest BCUT2D eigenvalue weighted by Gasteiger charge is 2.44. The van der Waals surface area contributed by atoms with E-state index in [0.717, 1.165) is 30.4 Å². The smallest absolute Gasteiger partial charge is 0.226 e. The van der Waals surface area contributed by atoms with Gasteiger partial charge in [-0.25, -0.2) is 4.39 Å². The number of benzene rings is 1. The summed E-state index contributed by atoms with van der Waals surface area (Å²) < 4.78 is 19.0. The summed E-state index contributed by atoms with van der Waals surface area (Å²) in [6.07, 6.45) is 6.49. The molecule has 4 nitrogen and oxygen atoms in total. The molecule has 124 valence electrons. The van der Waals surface area contributed by atoms with Gasteiger partial charge in [-0.1, -0.05) is 18.2 Å². The molecule has 3 heterocycles. The van der Waals surface area contributed by atoms with Crippen molar-refractivity contribution in [3.63, 3.8) is 0 Å². The lowest BCUT2D eigenvalue weighted by Crippen LogP contribution is -2.38. The second kappa shape index (κ2) is 6.32. The second-order valence-electron chi connectivity index (χ2n) is 6.50. The molecule has 2 aliphatic heterocycles. The molecule has 2 aliphatic rings. The van der Waals surface area contributed by atoms with Gasteiger partial charge in [-0.3, -0.25) is 9.78 Å². The molecule has 1 N–H and O–H groups in total. The minimum absolute atomic E-state index is 0.000350. The van der Waals surface area contributed by atoms with Gasteiger partial charge in [-0.15, -0.1) is 0 Å². The molecule has 1 aromatic heterocycles. The zero-order valence-corrected chi connectivity index (χ0v) is 13.2. The molecule has 0 spiro atoms. The topological polar surface area (TPSA) is 51.2 Å². The summed E-state index contributed by atoms with van der Waals surface area (Å²) in [5.74, 6) is -0.389. The number of nitrogens with one attached hydrogen (secondary N) is 1. The van der Waals surface area contributed by atoms with Gasteiger partial charge in [-0.05, 0) is 48.6 Å². The summed E-state index contributed by atoms with van der Waals surface area (Å²) in [5.41, 5.74) is 1.71. The number of nitrogens with zero attached hydrogens (tertiary/aromatic N) is 1. The molecule has 2 fully saturated rings. The molecule has 0 radical (unpaired) electrons. The molecule has 1 aromatic carbocycles. The quantitative estimate of drug-likeness (QED) is 0.940. The van der Waals surface area contributed by atoms with Crippen LogP contribution in [0.2, 0.25) is 0 Å². The van der Waals surface area contributed by atoms with Crippen LogP contribution < -0.4 is 5.32 Å². The molecular weight excluding hydrogens is 307 g/mol. The van der Waals surface area contributed by atoms with Crippen molar-refractivity contribution in [3.05, 3.63) is 65.7 Å². The van der Waals surface area contributed by atoms with Crippen LogP contribution in [0.5, 0.6) is 0 Å². The lowest BCUT2D eigenvalue weighted by Gasteiger charge is -2.24. The number of pyridine rings is 1. The highest BCUT2D eigenvalue weighted by Crippen LogP contribution is 2.39. The first kappa shape index (κ1) is 15.3. The molecule has 0 saturated carbocycles. The van der Waals surface area contributed by atoms with Crippen LogP contribution in [0.1, 0.15) is 36.4 Å². The van der Waals surface area contributed by atoms with E-state index in [0.29, 0.717) is 0 Å². The Morgan fingerprint density at radius 1 is 1.21 bits per heavy atom. The number of aromatic nitrogens is 1. The minimum atomic E-state index is -0.342. The van der Waals surface area contributed by atoms with Crippen molar-refractivity contribution in [1.82, 2.24) is 10.3 Å². The Labute approximate surface area is 140 Å². The van der Waals surface area contributed by atoms with E-state index in [-0.39, 0.29) is 35.9 Å². The van der Waals surface area contributed by atoms with Crippen LogP contribution in [0.25, 0.3) is 0 Å². The summed E-state index contributed by atoms with van der Waals surface area (Å²) in [5, 5.41) is 3.11. The molecule has 4 atom stereocenters. The van der Waals surface area contributed by atoms with E-state index in [1.807, 2.05) is 12.1 Å². The fourth-order valence-corrected chi connectivity index (χ4v) is 3.72.